The van der Waals surface area contributed by atoms with E-state index in [1.165, 1.54) is 13.1 Å². The van der Waals surface area contributed by atoms with E-state index in [0.717, 1.165) is 10.2 Å². The molecule has 1 N–H and O–H groups in total. The van der Waals surface area contributed by atoms with E-state index in [1.54, 1.807) is 0 Å². The van der Waals surface area contributed by atoms with Crippen molar-refractivity contribution < 1.29 is 9.90 Å². The first-order valence-corrected chi connectivity index (χ1v) is 5.43. The quantitative estimate of drug-likeness (QED) is 0.794. The molecule has 0 saturated carbocycles. The minimum absolute atomic E-state index is 0.133. The number of hydrogen-bond donors (Lipinski definition) is 1. The van der Waals surface area contributed by atoms with Gasteiger partial charge in [0.2, 0.25) is 0 Å². The van der Waals surface area contributed by atoms with E-state index >= 15 is 0 Å². The highest BCUT2D eigenvalue weighted by Crippen LogP contribution is 2.36. The van der Waals surface area contributed by atoms with E-state index < -0.39 is 0 Å². The van der Waals surface area contributed by atoms with Crippen LogP contribution in [0.15, 0.2) is 38.7 Å². The van der Waals surface area contributed by atoms with E-state index in [-0.39, 0.29) is 17.5 Å². The summed E-state index contributed by atoms with van der Waals surface area (Å²) in [7, 11) is 0. The Kier molecular flexibility index (Phi) is 2.61. The SMILES string of the molecule is CC(=O)C1=C(O)C2CC(Br)=CC=C2N=C1. The van der Waals surface area contributed by atoms with Crippen molar-refractivity contribution in [2.45, 2.75) is 13.3 Å². The molecular formula is C11H10BrNO2. The van der Waals surface area contributed by atoms with Gasteiger partial charge in [-0.1, -0.05) is 22.0 Å². The average molecular weight is 268 g/mol. The van der Waals surface area contributed by atoms with Crippen LogP contribution in [0.2, 0.25) is 0 Å². The van der Waals surface area contributed by atoms with E-state index in [2.05, 4.69) is 20.9 Å². The molecule has 0 amide bonds. The molecule has 15 heavy (non-hydrogen) atoms. The van der Waals surface area contributed by atoms with Crippen molar-refractivity contribution in [1.82, 2.24) is 0 Å². The van der Waals surface area contributed by atoms with Gasteiger partial charge >= 0.3 is 0 Å². The Bertz CT molecular complexity index is 444. The number of aliphatic hydroxyl groups excluding tert-OH is 1. The number of hydrogen-bond acceptors (Lipinski definition) is 3. The first-order valence-electron chi connectivity index (χ1n) is 4.64. The van der Waals surface area contributed by atoms with Gasteiger partial charge in [0.25, 0.3) is 0 Å². The van der Waals surface area contributed by atoms with Crippen LogP contribution in [0.3, 0.4) is 0 Å². The summed E-state index contributed by atoms with van der Waals surface area (Å²) in [6, 6.07) is 0. The summed E-state index contributed by atoms with van der Waals surface area (Å²) in [6.45, 7) is 1.43. The largest absolute Gasteiger partial charge is 0.511 e. The number of dihydropyridines is 1. The van der Waals surface area contributed by atoms with Crippen LogP contribution in [-0.4, -0.2) is 17.1 Å². The number of Topliss-reactive ketones (excluding diaryl/α,β-unsaturated/α-hetero) is 1. The molecular weight excluding hydrogens is 258 g/mol. The highest BCUT2D eigenvalue weighted by Gasteiger charge is 2.28. The molecule has 0 radical (unpaired) electrons. The van der Waals surface area contributed by atoms with Gasteiger partial charge < -0.3 is 5.11 Å². The molecule has 1 heterocycles. The third kappa shape index (κ3) is 1.81. The first kappa shape index (κ1) is 10.4. The monoisotopic (exact) mass is 267 g/mol. The third-order valence-electron chi connectivity index (χ3n) is 2.52. The van der Waals surface area contributed by atoms with Crippen LogP contribution in [-0.2, 0) is 4.79 Å². The maximum absolute atomic E-state index is 11.2. The summed E-state index contributed by atoms with van der Waals surface area (Å²) < 4.78 is 1.00. The van der Waals surface area contributed by atoms with Gasteiger partial charge in [-0.2, -0.15) is 0 Å². The lowest BCUT2D eigenvalue weighted by molar-refractivity contribution is -0.113. The summed E-state index contributed by atoms with van der Waals surface area (Å²) in [4.78, 5) is 15.4. The molecule has 0 fully saturated rings. The summed E-state index contributed by atoms with van der Waals surface area (Å²) in [6.07, 6.45) is 5.86. The second-order valence-electron chi connectivity index (χ2n) is 3.58. The fraction of sp³-hybridized carbons (Fsp3) is 0.273. The van der Waals surface area contributed by atoms with Crippen molar-refractivity contribution in [1.29, 1.82) is 0 Å². The van der Waals surface area contributed by atoms with Crippen molar-refractivity contribution in [3.63, 3.8) is 0 Å². The fourth-order valence-corrected chi connectivity index (χ4v) is 2.15. The summed E-state index contributed by atoms with van der Waals surface area (Å²) in [5, 5.41) is 9.93. The first-order chi connectivity index (χ1) is 7.09. The van der Waals surface area contributed by atoms with Gasteiger partial charge in [-0.15, -0.1) is 0 Å². The smallest absolute Gasteiger partial charge is 0.164 e. The molecule has 2 aliphatic rings. The van der Waals surface area contributed by atoms with Crippen LogP contribution in [0.1, 0.15) is 13.3 Å². The number of nitrogens with zero attached hydrogens (tertiary/aromatic N) is 1. The predicted molar refractivity (Wildman–Crippen MR) is 62.0 cm³/mol. The molecule has 0 aromatic rings. The Hall–Kier alpha value is -1.16. The zero-order valence-corrected chi connectivity index (χ0v) is 9.78. The summed E-state index contributed by atoms with van der Waals surface area (Å²) in [5.41, 5.74) is 1.13. The Morgan fingerprint density at radius 3 is 3.00 bits per heavy atom. The van der Waals surface area contributed by atoms with Crippen molar-refractivity contribution in [3.8, 4) is 0 Å². The number of ketones is 1. The van der Waals surface area contributed by atoms with Crippen LogP contribution < -0.4 is 0 Å². The fourth-order valence-electron chi connectivity index (χ4n) is 1.69. The van der Waals surface area contributed by atoms with Crippen molar-refractivity contribution in [3.05, 3.63) is 33.7 Å². The maximum atomic E-state index is 11.2. The van der Waals surface area contributed by atoms with E-state index in [1.807, 2.05) is 12.2 Å². The Labute approximate surface area is 96.0 Å². The third-order valence-corrected chi connectivity index (χ3v) is 3.11. The van der Waals surface area contributed by atoms with E-state index in [9.17, 15) is 9.90 Å². The standard InChI is InChI=1S/C11H10BrNO2/c1-6(14)9-5-13-10-3-2-7(12)4-8(10)11(9)15/h2-3,5,8,15H,4H2,1H3. The van der Waals surface area contributed by atoms with Gasteiger partial charge in [0.05, 0.1) is 17.2 Å². The molecule has 2 rings (SSSR count). The van der Waals surface area contributed by atoms with E-state index in [0.29, 0.717) is 12.0 Å². The van der Waals surface area contributed by atoms with Crippen molar-refractivity contribution in [2.24, 2.45) is 10.9 Å². The molecule has 1 aliphatic heterocycles. The lowest BCUT2D eigenvalue weighted by Gasteiger charge is -2.24. The second kappa shape index (κ2) is 3.77. The molecule has 1 unspecified atom stereocenters. The summed E-state index contributed by atoms with van der Waals surface area (Å²) in [5.74, 6) is -0.192. The average Bonchev–Trinajstić information content (AvgIpc) is 2.19. The number of allylic oxidation sites excluding steroid dienone is 4. The van der Waals surface area contributed by atoms with E-state index in [4.69, 9.17) is 0 Å². The lowest BCUT2D eigenvalue weighted by atomic mass is 9.90. The normalized spacial score (nSPS) is 24.5. The highest BCUT2D eigenvalue weighted by molar-refractivity contribution is 9.11. The molecule has 3 nitrogen and oxygen atoms in total. The number of carbonyl (C=O) groups is 1. The number of halogens is 1. The molecule has 1 atom stereocenters. The van der Waals surface area contributed by atoms with Gasteiger partial charge in [0.15, 0.2) is 5.78 Å². The van der Waals surface area contributed by atoms with Crippen molar-refractivity contribution in [2.75, 3.05) is 0 Å². The van der Waals surface area contributed by atoms with Crippen LogP contribution in [0.4, 0.5) is 0 Å². The molecule has 0 saturated heterocycles. The maximum Gasteiger partial charge on any atom is 0.164 e. The molecule has 1 aliphatic carbocycles. The van der Waals surface area contributed by atoms with Crippen LogP contribution in [0.25, 0.3) is 0 Å². The highest BCUT2D eigenvalue weighted by atomic mass is 79.9. The minimum atomic E-state index is -0.173. The Morgan fingerprint density at radius 1 is 1.60 bits per heavy atom. The van der Waals surface area contributed by atoms with Gasteiger partial charge in [0.1, 0.15) is 5.76 Å². The number of rotatable bonds is 1. The van der Waals surface area contributed by atoms with Crippen LogP contribution in [0, 0.1) is 5.92 Å². The minimum Gasteiger partial charge on any atom is -0.511 e. The second-order valence-corrected chi connectivity index (χ2v) is 4.59. The molecule has 0 aromatic carbocycles. The Balaban J connectivity index is 2.42. The van der Waals surface area contributed by atoms with Gasteiger partial charge in [0, 0.05) is 6.21 Å². The zero-order chi connectivity index (χ0) is 11.0. The van der Waals surface area contributed by atoms with Crippen LogP contribution >= 0.6 is 15.9 Å². The summed E-state index contributed by atoms with van der Waals surface area (Å²) >= 11 is 3.38. The number of aliphatic imine (C=N–C) groups is 1. The number of aliphatic hydroxyl groups is 1. The topological polar surface area (TPSA) is 49.7 Å². The zero-order valence-electron chi connectivity index (χ0n) is 8.20. The molecule has 78 valence electrons. The predicted octanol–water partition coefficient (Wildman–Crippen LogP) is 2.65. The number of carbonyl (C=O) groups excluding carboxylic acids is 1. The van der Waals surface area contributed by atoms with Gasteiger partial charge in [-0.3, -0.25) is 9.79 Å². The molecule has 0 spiro atoms. The van der Waals surface area contributed by atoms with Crippen LogP contribution in [0.5, 0.6) is 0 Å². The van der Waals surface area contributed by atoms with Gasteiger partial charge in [-0.25, -0.2) is 0 Å². The molecule has 4 heteroatoms. The Morgan fingerprint density at radius 2 is 2.33 bits per heavy atom. The van der Waals surface area contributed by atoms with Gasteiger partial charge in [-0.05, 0) is 23.9 Å². The number of fused-ring (bicyclic) bond motifs is 1. The molecule has 0 bridgehead atoms. The molecule has 0 aromatic heterocycles. The lowest BCUT2D eigenvalue weighted by Crippen LogP contribution is -2.18. The van der Waals surface area contributed by atoms with Crippen molar-refractivity contribution >= 4 is 27.9 Å².